The van der Waals surface area contributed by atoms with Crippen LogP contribution in [-0.4, -0.2) is 16.9 Å². The molecular weight excluding hydrogens is 398 g/mol. The van der Waals surface area contributed by atoms with E-state index in [2.05, 4.69) is 0 Å². The number of hydrogen-bond donors (Lipinski definition) is 1. The number of amides is 2. The van der Waals surface area contributed by atoms with E-state index in [1.165, 1.54) is 17.0 Å². The van der Waals surface area contributed by atoms with Crippen LogP contribution in [0.2, 0.25) is 0 Å². The smallest absolute Gasteiger partial charge is 0.265 e. The molecule has 0 saturated heterocycles. The summed E-state index contributed by atoms with van der Waals surface area (Å²) in [6.07, 6.45) is 0. The van der Waals surface area contributed by atoms with Gasteiger partial charge < -0.3 is 5.11 Å². The molecule has 0 saturated carbocycles. The molecule has 0 spiro atoms. The zero-order valence-corrected chi connectivity index (χ0v) is 17.7. The minimum Gasteiger partial charge on any atom is -0.508 e. The van der Waals surface area contributed by atoms with Gasteiger partial charge in [0.25, 0.3) is 5.91 Å². The van der Waals surface area contributed by atoms with Crippen LogP contribution in [0.25, 0.3) is 0 Å². The van der Waals surface area contributed by atoms with Crippen molar-refractivity contribution in [3.63, 3.8) is 0 Å². The van der Waals surface area contributed by atoms with Gasteiger partial charge in [-0.3, -0.25) is 9.59 Å². The molecule has 4 nitrogen and oxygen atoms in total. The number of imide groups is 1. The van der Waals surface area contributed by atoms with Gasteiger partial charge in [-0.15, -0.1) is 0 Å². The quantitative estimate of drug-likeness (QED) is 0.449. The van der Waals surface area contributed by atoms with E-state index >= 15 is 0 Å². The molecule has 0 atom stereocenters. The molecule has 0 fully saturated rings. The summed E-state index contributed by atoms with van der Waals surface area (Å²) >= 11 is 0. The number of benzene rings is 4. The summed E-state index contributed by atoms with van der Waals surface area (Å²) in [5.74, 6) is -1.55. The normalized spacial score (nSPS) is 10.7. The Morgan fingerprint density at radius 1 is 0.719 bits per heavy atom. The van der Waals surface area contributed by atoms with Gasteiger partial charge in [0.2, 0.25) is 5.91 Å². The van der Waals surface area contributed by atoms with Gasteiger partial charge in [-0.1, -0.05) is 84.4 Å². The first-order valence-electron chi connectivity index (χ1n) is 10.4. The molecule has 0 bridgehead atoms. The molecule has 4 rings (SSSR count). The standard InChI is InChI=1S/C28H23NO3/c1-20-15-17-24(18-16-20)29(27(31)23-13-8-14-25(30)19-23)28(32)26(21-9-4-2-5-10-21)22-11-6-3-7-12-22/h2-19,26,30H,1H3. The Balaban J connectivity index is 1.85. The zero-order valence-electron chi connectivity index (χ0n) is 17.7. The summed E-state index contributed by atoms with van der Waals surface area (Å²) in [7, 11) is 0. The van der Waals surface area contributed by atoms with Crippen molar-refractivity contribution in [2.75, 3.05) is 4.90 Å². The van der Waals surface area contributed by atoms with Crippen molar-refractivity contribution in [1.82, 2.24) is 0 Å². The highest BCUT2D eigenvalue weighted by Crippen LogP contribution is 2.30. The van der Waals surface area contributed by atoms with Crippen molar-refractivity contribution in [3.05, 3.63) is 131 Å². The van der Waals surface area contributed by atoms with Crippen LogP contribution in [0.1, 0.15) is 33.0 Å². The molecule has 0 aliphatic rings. The molecule has 0 aromatic heterocycles. The van der Waals surface area contributed by atoms with Gasteiger partial charge in [0.05, 0.1) is 11.6 Å². The van der Waals surface area contributed by atoms with E-state index in [1.54, 1.807) is 24.3 Å². The molecule has 4 heteroatoms. The fourth-order valence-electron chi connectivity index (χ4n) is 3.70. The third kappa shape index (κ3) is 4.44. The topological polar surface area (TPSA) is 57.6 Å². The Morgan fingerprint density at radius 3 is 1.81 bits per heavy atom. The number of anilines is 1. The molecule has 158 valence electrons. The van der Waals surface area contributed by atoms with Gasteiger partial charge in [0.1, 0.15) is 5.75 Å². The molecule has 0 unspecified atom stereocenters. The third-order valence-electron chi connectivity index (χ3n) is 5.32. The molecule has 1 N–H and O–H groups in total. The average Bonchev–Trinajstić information content (AvgIpc) is 2.82. The molecule has 2 amide bonds. The first kappa shape index (κ1) is 21.1. The van der Waals surface area contributed by atoms with Crippen LogP contribution in [0.4, 0.5) is 5.69 Å². The molecule has 0 aliphatic heterocycles. The number of phenols is 1. The monoisotopic (exact) mass is 421 g/mol. The minimum absolute atomic E-state index is 0.0326. The lowest BCUT2D eigenvalue weighted by Crippen LogP contribution is -2.40. The number of rotatable bonds is 5. The second-order valence-electron chi connectivity index (χ2n) is 7.62. The average molecular weight is 421 g/mol. The first-order valence-corrected chi connectivity index (χ1v) is 10.4. The van der Waals surface area contributed by atoms with E-state index in [-0.39, 0.29) is 17.2 Å². The Labute approximate surface area is 187 Å². The minimum atomic E-state index is -0.667. The second kappa shape index (κ2) is 9.31. The number of carbonyl (C=O) groups excluding carboxylic acids is 2. The van der Waals surface area contributed by atoms with Crippen LogP contribution in [0, 0.1) is 6.92 Å². The number of aromatic hydroxyl groups is 1. The van der Waals surface area contributed by atoms with Gasteiger partial charge in [-0.2, -0.15) is 0 Å². The van der Waals surface area contributed by atoms with Gasteiger partial charge >= 0.3 is 0 Å². The largest absolute Gasteiger partial charge is 0.508 e. The highest BCUT2D eigenvalue weighted by Gasteiger charge is 2.33. The van der Waals surface area contributed by atoms with Crippen molar-refractivity contribution in [1.29, 1.82) is 0 Å². The molecule has 0 heterocycles. The molecule has 4 aromatic carbocycles. The summed E-state index contributed by atoms with van der Waals surface area (Å²) in [4.78, 5) is 28.9. The van der Waals surface area contributed by atoms with Crippen LogP contribution in [0.15, 0.2) is 109 Å². The predicted molar refractivity (Wildman–Crippen MR) is 126 cm³/mol. The van der Waals surface area contributed by atoms with E-state index in [4.69, 9.17) is 0 Å². The van der Waals surface area contributed by atoms with Crippen molar-refractivity contribution >= 4 is 17.5 Å². The maximum atomic E-state index is 14.1. The van der Waals surface area contributed by atoms with Gasteiger partial charge in [-0.25, -0.2) is 4.90 Å². The molecule has 4 aromatic rings. The Hall–Kier alpha value is -4.18. The maximum Gasteiger partial charge on any atom is 0.265 e. The van der Waals surface area contributed by atoms with Crippen LogP contribution < -0.4 is 4.90 Å². The Bertz CT molecular complexity index is 1180. The molecule has 0 radical (unpaired) electrons. The van der Waals surface area contributed by atoms with E-state index in [1.807, 2.05) is 79.7 Å². The number of nitrogens with zero attached hydrogens (tertiary/aromatic N) is 1. The van der Waals surface area contributed by atoms with Crippen LogP contribution in [-0.2, 0) is 4.79 Å². The van der Waals surface area contributed by atoms with E-state index in [0.717, 1.165) is 16.7 Å². The summed E-state index contributed by atoms with van der Waals surface area (Å²) in [5.41, 5.74) is 3.33. The number of aryl methyl sites for hydroxylation is 1. The summed E-state index contributed by atoms with van der Waals surface area (Å²) in [5, 5.41) is 9.90. The fraction of sp³-hybridized carbons (Fsp3) is 0.0714. The highest BCUT2D eigenvalue weighted by molar-refractivity contribution is 6.23. The predicted octanol–water partition coefficient (Wildman–Crippen LogP) is 5.71. The van der Waals surface area contributed by atoms with E-state index in [9.17, 15) is 14.7 Å². The van der Waals surface area contributed by atoms with Crippen LogP contribution in [0.5, 0.6) is 5.75 Å². The number of hydrogen-bond acceptors (Lipinski definition) is 3. The Kier molecular flexibility index (Phi) is 6.13. The lowest BCUT2D eigenvalue weighted by Gasteiger charge is -2.27. The van der Waals surface area contributed by atoms with Gasteiger partial charge in [0, 0.05) is 5.56 Å². The molecule has 0 aliphatic carbocycles. The van der Waals surface area contributed by atoms with Crippen molar-refractivity contribution < 1.29 is 14.7 Å². The first-order chi connectivity index (χ1) is 15.5. The maximum absolute atomic E-state index is 14.1. The van der Waals surface area contributed by atoms with Crippen molar-refractivity contribution in [2.24, 2.45) is 0 Å². The summed E-state index contributed by atoms with van der Waals surface area (Å²) in [6.45, 7) is 1.95. The fourth-order valence-corrected chi connectivity index (χ4v) is 3.70. The lowest BCUT2D eigenvalue weighted by atomic mass is 9.89. The third-order valence-corrected chi connectivity index (χ3v) is 5.32. The molecular formula is C28H23NO3. The summed E-state index contributed by atoms with van der Waals surface area (Å²) in [6, 6.07) is 32.2. The second-order valence-corrected chi connectivity index (χ2v) is 7.62. The zero-order chi connectivity index (χ0) is 22.5. The van der Waals surface area contributed by atoms with Gasteiger partial charge in [0.15, 0.2) is 0 Å². The van der Waals surface area contributed by atoms with Crippen LogP contribution in [0.3, 0.4) is 0 Å². The van der Waals surface area contributed by atoms with Gasteiger partial charge in [-0.05, 0) is 48.4 Å². The van der Waals surface area contributed by atoms with Crippen molar-refractivity contribution in [2.45, 2.75) is 12.8 Å². The van der Waals surface area contributed by atoms with Crippen LogP contribution >= 0.6 is 0 Å². The lowest BCUT2D eigenvalue weighted by molar-refractivity contribution is -0.118. The van der Waals surface area contributed by atoms with Crippen molar-refractivity contribution in [3.8, 4) is 5.75 Å². The summed E-state index contributed by atoms with van der Waals surface area (Å²) < 4.78 is 0. The number of carbonyl (C=O) groups is 2. The van der Waals surface area contributed by atoms with E-state index in [0.29, 0.717) is 5.69 Å². The number of phenolic OH excluding ortho intramolecular Hbond substituents is 1. The Morgan fingerprint density at radius 2 is 1.28 bits per heavy atom. The highest BCUT2D eigenvalue weighted by atomic mass is 16.3. The van der Waals surface area contributed by atoms with E-state index < -0.39 is 11.8 Å². The molecule has 32 heavy (non-hydrogen) atoms. The SMILES string of the molecule is Cc1ccc(N(C(=O)c2cccc(O)c2)C(=O)C(c2ccccc2)c2ccccc2)cc1.